The van der Waals surface area contributed by atoms with Crippen LogP contribution in [0, 0.1) is 0 Å². The van der Waals surface area contributed by atoms with Crippen molar-refractivity contribution in [1.29, 1.82) is 0 Å². The van der Waals surface area contributed by atoms with E-state index in [0.29, 0.717) is 19.4 Å². The molecule has 0 spiro atoms. The Balaban J connectivity index is 3.48. The van der Waals surface area contributed by atoms with Crippen molar-refractivity contribution in [3.8, 4) is 0 Å². The van der Waals surface area contributed by atoms with Crippen LogP contribution in [0.25, 0.3) is 0 Å². The van der Waals surface area contributed by atoms with Crippen LogP contribution in [-0.4, -0.2) is 47.4 Å². The first-order valence-corrected chi connectivity index (χ1v) is 31.8. The summed E-state index contributed by atoms with van der Waals surface area (Å²) < 4.78 is 5.46. The van der Waals surface area contributed by atoms with Crippen molar-refractivity contribution in [3.05, 3.63) is 36.5 Å². The molecule has 6 nitrogen and oxygen atoms in total. The number of allylic oxidation sites excluding steroid dienone is 5. The Bertz CT molecular complexity index is 1150. The smallest absolute Gasteiger partial charge is 0.305 e. The molecule has 0 heterocycles. The summed E-state index contributed by atoms with van der Waals surface area (Å²) in [6.45, 7) is 4.88. The molecule has 0 bridgehead atoms. The number of hydrogen-bond acceptors (Lipinski definition) is 5. The summed E-state index contributed by atoms with van der Waals surface area (Å²) >= 11 is 0. The normalized spacial score (nSPS) is 12.8. The van der Waals surface area contributed by atoms with Crippen LogP contribution in [0.2, 0.25) is 0 Å². The molecule has 71 heavy (non-hydrogen) atoms. The zero-order chi connectivity index (χ0) is 51.4. The summed E-state index contributed by atoms with van der Waals surface area (Å²) in [6, 6.07) is -0.637. The number of carbonyl (C=O) groups is 2. The van der Waals surface area contributed by atoms with Gasteiger partial charge in [0.2, 0.25) is 5.91 Å². The first kappa shape index (κ1) is 69.1. The van der Waals surface area contributed by atoms with E-state index < -0.39 is 12.1 Å². The van der Waals surface area contributed by atoms with Crippen LogP contribution in [0.1, 0.15) is 341 Å². The lowest BCUT2D eigenvalue weighted by molar-refractivity contribution is -0.143. The topological polar surface area (TPSA) is 95.9 Å². The maximum absolute atomic E-state index is 12.5. The molecular weight excluding hydrogens is 875 g/mol. The van der Waals surface area contributed by atoms with Gasteiger partial charge in [-0.2, -0.15) is 0 Å². The van der Waals surface area contributed by atoms with Crippen molar-refractivity contribution in [3.63, 3.8) is 0 Å². The van der Waals surface area contributed by atoms with E-state index in [4.69, 9.17) is 4.74 Å². The van der Waals surface area contributed by atoms with Gasteiger partial charge in [0, 0.05) is 12.8 Å². The van der Waals surface area contributed by atoms with Gasteiger partial charge in [-0.3, -0.25) is 9.59 Å². The summed E-state index contributed by atoms with van der Waals surface area (Å²) in [5.74, 6) is -0.0817. The first-order chi connectivity index (χ1) is 35.0. The Morgan fingerprint density at radius 1 is 0.380 bits per heavy atom. The maximum Gasteiger partial charge on any atom is 0.305 e. The molecule has 0 saturated heterocycles. The number of aliphatic hydroxyl groups is 2. The second-order valence-corrected chi connectivity index (χ2v) is 21.7. The molecule has 3 N–H and O–H groups in total. The van der Waals surface area contributed by atoms with E-state index >= 15 is 0 Å². The second kappa shape index (κ2) is 60.6. The van der Waals surface area contributed by atoms with Gasteiger partial charge in [0.05, 0.1) is 25.4 Å². The molecule has 0 aliphatic heterocycles. The van der Waals surface area contributed by atoms with E-state index in [2.05, 4.69) is 43.5 Å². The summed E-state index contributed by atoms with van der Waals surface area (Å²) in [5, 5.41) is 23.2. The highest BCUT2D eigenvalue weighted by atomic mass is 16.5. The standard InChI is InChI=1S/C65H123NO5/c1-3-5-7-9-11-13-15-17-18-19-20-21-22-23-25-28-31-34-37-41-45-49-53-57-63(68)62(61-67)66-64(69)58-54-50-46-42-38-35-32-29-26-24-27-30-33-36-40-44-48-52-56-60-71-65(70)59-55-51-47-43-39-16-14-12-10-8-6-4-2/h12,14,24,26,53,57,62-63,67-68H,3-11,13,15-23,25,27-52,54-56,58-61H2,1-2H3,(H,66,69)/b14-12-,26-24-,57-53+. The van der Waals surface area contributed by atoms with E-state index in [1.807, 2.05) is 6.08 Å². The molecule has 0 aromatic carbocycles. The number of esters is 1. The molecule has 418 valence electrons. The minimum atomic E-state index is -0.852. The number of hydrogen-bond donors (Lipinski definition) is 3. The molecule has 0 aliphatic rings. The summed E-state index contributed by atoms with van der Waals surface area (Å²) in [5.41, 5.74) is 0. The van der Waals surface area contributed by atoms with E-state index in [-0.39, 0.29) is 18.5 Å². The lowest BCUT2D eigenvalue weighted by Crippen LogP contribution is -2.45. The van der Waals surface area contributed by atoms with Gasteiger partial charge in [-0.05, 0) is 83.5 Å². The second-order valence-electron chi connectivity index (χ2n) is 21.7. The van der Waals surface area contributed by atoms with Crippen molar-refractivity contribution in [2.45, 2.75) is 353 Å². The molecule has 0 rings (SSSR count). The van der Waals surface area contributed by atoms with Crippen molar-refractivity contribution in [2.24, 2.45) is 0 Å². The molecule has 0 radical (unpaired) electrons. The van der Waals surface area contributed by atoms with Crippen LogP contribution in [0.15, 0.2) is 36.5 Å². The SMILES string of the molecule is CCCCC/C=C\CCCCCCCC(=O)OCCCCCCCCCC/C=C\CCCCCCCCCC(=O)NC(CO)C(O)/C=C/CCCCCCCCCCCCCCCCCCCCCCC. The average Bonchev–Trinajstić information content (AvgIpc) is 3.37. The highest BCUT2D eigenvalue weighted by Gasteiger charge is 2.18. The van der Waals surface area contributed by atoms with E-state index in [9.17, 15) is 19.8 Å². The molecule has 0 aliphatic carbocycles. The Hall–Kier alpha value is -1.92. The van der Waals surface area contributed by atoms with Crippen LogP contribution < -0.4 is 5.32 Å². The van der Waals surface area contributed by atoms with E-state index in [1.165, 1.54) is 263 Å². The van der Waals surface area contributed by atoms with Crippen LogP contribution in [0.3, 0.4) is 0 Å². The number of nitrogens with one attached hydrogen (secondary N) is 1. The van der Waals surface area contributed by atoms with Crippen molar-refractivity contribution in [1.82, 2.24) is 5.32 Å². The van der Waals surface area contributed by atoms with Gasteiger partial charge in [0.25, 0.3) is 0 Å². The fourth-order valence-corrected chi connectivity index (χ4v) is 9.74. The predicted octanol–water partition coefficient (Wildman–Crippen LogP) is 20.0. The minimum absolute atomic E-state index is 0.00671. The molecule has 0 aromatic heterocycles. The molecule has 2 unspecified atom stereocenters. The van der Waals surface area contributed by atoms with Gasteiger partial charge in [-0.25, -0.2) is 0 Å². The fourth-order valence-electron chi connectivity index (χ4n) is 9.74. The van der Waals surface area contributed by atoms with Gasteiger partial charge in [0.1, 0.15) is 0 Å². The number of rotatable bonds is 59. The number of unbranched alkanes of at least 4 members (excludes halogenated alkanes) is 44. The third kappa shape index (κ3) is 57.2. The lowest BCUT2D eigenvalue weighted by atomic mass is 10.0. The van der Waals surface area contributed by atoms with Crippen molar-refractivity contribution >= 4 is 11.9 Å². The van der Waals surface area contributed by atoms with Crippen LogP contribution in [-0.2, 0) is 14.3 Å². The van der Waals surface area contributed by atoms with Crippen molar-refractivity contribution < 1.29 is 24.5 Å². The summed E-state index contributed by atoms with van der Waals surface area (Å²) in [7, 11) is 0. The molecule has 0 fully saturated rings. The van der Waals surface area contributed by atoms with Crippen LogP contribution in [0.4, 0.5) is 0 Å². The quantitative estimate of drug-likeness (QED) is 0.0321. The molecule has 2 atom stereocenters. The Kier molecular flexibility index (Phi) is 59.0. The summed E-state index contributed by atoms with van der Waals surface area (Å²) in [4.78, 5) is 24.5. The first-order valence-electron chi connectivity index (χ1n) is 31.8. The molecular formula is C65H123NO5. The van der Waals surface area contributed by atoms with Gasteiger partial charge in [0.15, 0.2) is 0 Å². The Morgan fingerprint density at radius 3 is 1.03 bits per heavy atom. The third-order valence-electron chi connectivity index (χ3n) is 14.6. The van der Waals surface area contributed by atoms with Gasteiger partial charge < -0.3 is 20.3 Å². The predicted molar refractivity (Wildman–Crippen MR) is 310 cm³/mol. The lowest BCUT2D eigenvalue weighted by Gasteiger charge is -2.20. The third-order valence-corrected chi connectivity index (χ3v) is 14.6. The van der Waals surface area contributed by atoms with Gasteiger partial charge >= 0.3 is 5.97 Å². The minimum Gasteiger partial charge on any atom is -0.466 e. The Labute approximate surface area is 443 Å². The van der Waals surface area contributed by atoms with Crippen LogP contribution >= 0.6 is 0 Å². The Morgan fingerprint density at radius 2 is 0.662 bits per heavy atom. The zero-order valence-electron chi connectivity index (χ0n) is 47.7. The van der Waals surface area contributed by atoms with Crippen LogP contribution in [0.5, 0.6) is 0 Å². The van der Waals surface area contributed by atoms with Gasteiger partial charge in [-0.1, -0.05) is 281 Å². The monoisotopic (exact) mass is 998 g/mol. The average molecular weight is 999 g/mol. The molecule has 0 aromatic rings. The maximum atomic E-state index is 12.5. The van der Waals surface area contributed by atoms with Gasteiger partial charge in [-0.15, -0.1) is 0 Å². The fraction of sp³-hybridized carbons (Fsp3) is 0.877. The van der Waals surface area contributed by atoms with E-state index in [1.54, 1.807) is 6.08 Å². The number of amides is 1. The number of aliphatic hydroxyl groups excluding tert-OH is 2. The molecule has 6 heteroatoms. The largest absolute Gasteiger partial charge is 0.466 e. The zero-order valence-corrected chi connectivity index (χ0v) is 47.7. The highest BCUT2D eigenvalue weighted by Crippen LogP contribution is 2.17. The molecule has 0 saturated carbocycles. The van der Waals surface area contributed by atoms with Crippen molar-refractivity contribution in [2.75, 3.05) is 13.2 Å². The summed E-state index contributed by atoms with van der Waals surface area (Å²) in [6.07, 6.45) is 76.1. The number of ether oxygens (including phenoxy) is 1. The molecule has 1 amide bonds. The highest BCUT2D eigenvalue weighted by molar-refractivity contribution is 5.76. The van der Waals surface area contributed by atoms with E-state index in [0.717, 1.165) is 51.4 Å². The number of carbonyl (C=O) groups excluding carboxylic acids is 2.